The molecule has 0 heterocycles. The minimum atomic E-state index is -3.52. The van der Waals surface area contributed by atoms with Crippen LogP contribution < -0.4 is 29.1 Å². The Morgan fingerprint density at radius 3 is 1.92 bits per heavy atom. The third-order valence-corrected chi connectivity index (χ3v) is 2.28. The van der Waals surface area contributed by atoms with Crippen molar-refractivity contribution in [2.24, 2.45) is 5.14 Å². The summed E-state index contributed by atoms with van der Waals surface area (Å²) in [4.78, 5) is 0.156. The predicted octanol–water partition coefficient (Wildman–Crippen LogP) is -2.35. The van der Waals surface area contributed by atoms with Gasteiger partial charge in [0.25, 0.3) is 0 Å². The van der Waals surface area contributed by atoms with Crippen LogP contribution in [-0.2, 0) is 10.0 Å². The lowest BCUT2D eigenvalue weighted by atomic mass is 10.2. The lowest BCUT2D eigenvalue weighted by Gasteiger charge is -1.96. The van der Waals surface area contributed by atoms with Gasteiger partial charge < -0.3 is 24.0 Å². The van der Waals surface area contributed by atoms with Crippen LogP contribution >= 0.6 is 0 Å². The van der Waals surface area contributed by atoms with Crippen molar-refractivity contribution in [3.05, 3.63) is 29.8 Å². The van der Waals surface area contributed by atoms with E-state index in [1.165, 1.54) is 12.1 Å². The standard InChI is InChI=1S/C7H9NO2S.HI/c1-6-2-4-7(5-3-6)11(8,9)10;/h2-5H,1H3,(H2,8,9,10);1H/p-1. The summed E-state index contributed by atoms with van der Waals surface area (Å²) in [5.74, 6) is 0. The molecule has 1 rings (SSSR count). The van der Waals surface area contributed by atoms with Crippen molar-refractivity contribution >= 4 is 10.0 Å². The zero-order chi connectivity index (χ0) is 8.48. The number of sulfonamides is 1. The van der Waals surface area contributed by atoms with Crippen LogP contribution in [0, 0.1) is 6.92 Å². The molecule has 68 valence electrons. The first kappa shape index (κ1) is 11.9. The van der Waals surface area contributed by atoms with Crippen molar-refractivity contribution in [2.75, 3.05) is 0 Å². The molecule has 2 N–H and O–H groups in total. The quantitative estimate of drug-likeness (QED) is 0.590. The summed E-state index contributed by atoms with van der Waals surface area (Å²) in [6.45, 7) is 1.88. The maximum absolute atomic E-state index is 10.7. The third kappa shape index (κ3) is 3.08. The Morgan fingerprint density at radius 1 is 1.17 bits per heavy atom. The predicted molar refractivity (Wildman–Crippen MR) is 42.6 cm³/mol. The first-order valence-corrected chi connectivity index (χ1v) is 4.64. The summed E-state index contributed by atoms with van der Waals surface area (Å²) >= 11 is 0. The molecule has 5 heteroatoms. The molecule has 0 unspecified atom stereocenters. The maximum Gasteiger partial charge on any atom is 0.238 e. The van der Waals surface area contributed by atoms with Gasteiger partial charge in [0.15, 0.2) is 0 Å². The van der Waals surface area contributed by atoms with Crippen molar-refractivity contribution in [3.63, 3.8) is 0 Å². The molecule has 12 heavy (non-hydrogen) atoms. The molecule has 0 fully saturated rings. The monoisotopic (exact) mass is 298 g/mol. The Morgan fingerprint density at radius 2 is 1.58 bits per heavy atom. The first-order valence-electron chi connectivity index (χ1n) is 3.09. The van der Waals surface area contributed by atoms with Gasteiger partial charge in [0.1, 0.15) is 0 Å². The SMILES string of the molecule is Cc1ccc(S(N)(=O)=O)cc1.[I-]. The van der Waals surface area contributed by atoms with Gasteiger partial charge in [-0.15, -0.1) is 0 Å². The Hall–Kier alpha value is -0.140. The molecule has 0 saturated heterocycles. The molecule has 0 saturated carbocycles. The molecule has 1 aromatic carbocycles. The second kappa shape index (κ2) is 4.20. The second-order valence-corrected chi connectivity index (χ2v) is 3.92. The highest BCUT2D eigenvalue weighted by Gasteiger charge is 2.04. The van der Waals surface area contributed by atoms with Crippen LogP contribution in [0.1, 0.15) is 5.56 Å². The summed E-state index contributed by atoms with van der Waals surface area (Å²) in [6, 6.07) is 6.40. The molecule has 3 nitrogen and oxygen atoms in total. The summed E-state index contributed by atoms with van der Waals surface area (Å²) in [6.07, 6.45) is 0. The van der Waals surface area contributed by atoms with Crippen LogP contribution in [0.5, 0.6) is 0 Å². The molecular formula is C7H9INO2S-. The average molecular weight is 298 g/mol. The fraction of sp³-hybridized carbons (Fsp3) is 0.143. The van der Waals surface area contributed by atoms with E-state index in [2.05, 4.69) is 0 Å². The van der Waals surface area contributed by atoms with E-state index in [9.17, 15) is 8.42 Å². The van der Waals surface area contributed by atoms with Crippen molar-refractivity contribution in [2.45, 2.75) is 11.8 Å². The molecule has 0 aliphatic carbocycles. The smallest absolute Gasteiger partial charge is 0.238 e. The lowest BCUT2D eigenvalue weighted by molar-refractivity contribution is -0.00000499. The van der Waals surface area contributed by atoms with E-state index < -0.39 is 10.0 Å². The Labute approximate surface area is 89.0 Å². The molecule has 0 aliphatic rings. The Kier molecular flexibility index (Phi) is 4.15. The average Bonchev–Trinajstić information content (AvgIpc) is 1.86. The molecule has 0 radical (unpaired) electrons. The van der Waals surface area contributed by atoms with E-state index in [-0.39, 0.29) is 28.9 Å². The Bertz CT molecular complexity index is 344. The third-order valence-electron chi connectivity index (χ3n) is 1.35. The summed E-state index contributed by atoms with van der Waals surface area (Å²) < 4.78 is 21.4. The van der Waals surface area contributed by atoms with Gasteiger partial charge in [-0.3, -0.25) is 0 Å². The van der Waals surface area contributed by atoms with E-state index in [1.54, 1.807) is 12.1 Å². The molecule has 0 atom stereocenters. The van der Waals surface area contributed by atoms with Crippen LogP contribution in [0.4, 0.5) is 0 Å². The number of hydrogen-bond donors (Lipinski definition) is 1. The molecule has 0 bridgehead atoms. The van der Waals surface area contributed by atoms with Gasteiger partial charge in [-0.1, -0.05) is 17.7 Å². The molecule has 0 spiro atoms. The van der Waals surface area contributed by atoms with Gasteiger partial charge in [-0.2, -0.15) is 0 Å². The molecule has 0 aliphatic heterocycles. The summed E-state index contributed by atoms with van der Waals surface area (Å²) in [7, 11) is -3.52. The molecule has 1 aromatic rings. The van der Waals surface area contributed by atoms with Gasteiger partial charge in [0, 0.05) is 0 Å². The van der Waals surface area contributed by atoms with E-state index >= 15 is 0 Å². The number of primary sulfonamides is 1. The van der Waals surface area contributed by atoms with E-state index in [1.807, 2.05) is 6.92 Å². The van der Waals surface area contributed by atoms with Crippen LogP contribution in [0.15, 0.2) is 29.2 Å². The number of halogens is 1. The highest BCUT2D eigenvalue weighted by molar-refractivity contribution is 7.89. The van der Waals surface area contributed by atoms with Crippen molar-refractivity contribution in [3.8, 4) is 0 Å². The topological polar surface area (TPSA) is 60.2 Å². The van der Waals surface area contributed by atoms with E-state index in [0.717, 1.165) is 5.56 Å². The van der Waals surface area contributed by atoms with Gasteiger partial charge in [0.05, 0.1) is 4.90 Å². The molecular weight excluding hydrogens is 289 g/mol. The number of benzene rings is 1. The minimum Gasteiger partial charge on any atom is -1.00 e. The van der Waals surface area contributed by atoms with E-state index in [0.29, 0.717) is 0 Å². The summed E-state index contributed by atoms with van der Waals surface area (Å²) in [5, 5.41) is 4.88. The van der Waals surface area contributed by atoms with Gasteiger partial charge >= 0.3 is 0 Å². The number of nitrogens with two attached hydrogens (primary N) is 1. The van der Waals surface area contributed by atoms with Crippen LogP contribution in [0.25, 0.3) is 0 Å². The molecule has 0 aromatic heterocycles. The molecule has 0 amide bonds. The number of rotatable bonds is 1. The van der Waals surface area contributed by atoms with Crippen LogP contribution in [0.2, 0.25) is 0 Å². The second-order valence-electron chi connectivity index (χ2n) is 2.36. The van der Waals surface area contributed by atoms with Gasteiger partial charge in [-0.05, 0) is 19.1 Å². The Balaban J connectivity index is 0.00000121. The van der Waals surface area contributed by atoms with Crippen LogP contribution in [0.3, 0.4) is 0 Å². The minimum absolute atomic E-state index is 0. The zero-order valence-electron chi connectivity index (χ0n) is 6.49. The fourth-order valence-corrected chi connectivity index (χ4v) is 1.24. The van der Waals surface area contributed by atoms with Crippen LogP contribution in [-0.4, -0.2) is 8.42 Å². The van der Waals surface area contributed by atoms with Gasteiger partial charge in [0.2, 0.25) is 10.0 Å². The normalized spacial score (nSPS) is 10.5. The van der Waals surface area contributed by atoms with Crippen molar-refractivity contribution in [1.29, 1.82) is 0 Å². The summed E-state index contributed by atoms with van der Waals surface area (Å²) in [5.41, 5.74) is 1.01. The first-order chi connectivity index (χ1) is 5.00. The lowest BCUT2D eigenvalue weighted by Crippen LogP contribution is -3.00. The highest BCUT2D eigenvalue weighted by Crippen LogP contribution is 2.06. The number of aryl methyl sites for hydroxylation is 1. The van der Waals surface area contributed by atoms with Gasteiger partial charge in [-0.25, -0.2) is 13.6 Å². The van der Waals surface area contributed by atoms with Crippen molar-refractivity contribution in [1.82, 2.24) is 0 Å². The highest BCUT2D eigenvalue weighted by atomic mass is 127. The maximum atomic E-state index is 10.7. The number of hydrogen-bond acceptors (Lipinski definition) is 2. The van der Waals surface area contributed by atoms with E-state index in [4.69, 9.17) is 5.14 Å². The zero-order valence-corrected chi connectivity index (χ0v) is 9.46. The largest absolute Gasteiger partial charge is 1.00 e. The van der Waals surface area contributed by atoms with Crippen molar-refractivity contribution < 1.29 is 32.4 Å². The fourth-order valence-electron chi connectivity index (χ4n) is 0.728.